The Morgan fingerprint density at radius 3 is 2.52 bits per heavy atom. The summed E-state index contributed by atoms with van der Waals surface area (Å²) in [5.41, 5.74) is 1.05. The number of benzene rings is 1. The lowest BCUT2D eigenvalue weighted by atomic mass is 10.1. The molecule has 1 amide bonds. The molecule has 23 heavy (non-hydrogen) atoms. The molecule has 1 N–H and O–H groups in total. The molecular formula is C17H25NO4S. The van der Waals surface area contributed by atoms with Crippen molar-refractivity contribution >= 4 is 23.6 Å². The Morgan fingerprint density at radius 2 is 1.96 bits per heavy atom. The van der Waals surface area contributed by atoms with Crippen LogP contribution in [0.15, 0.2) is 24.3 Å². The van der Waals surface area contributed by atoms with E-state index < -0.39 is 6.04 Å². The number of nitrogens with one attached hydrogen (secondary N) is 1. The number of ether oxygens (including phenoxy) is 2. The molecule has 1 aromatic carbocycles. The van der Waals surface area contributed by atoms with Gasteiger partial charge in [-0.05, 0) is 49.5 Å². The third kappa shape index (κ3) is 7.41. The number of aryl methyl sites for hydroxylation is 1. The van der Waals surface area contributed by atoms with Gasteiger partial charge in [0.2, 0.25) is 5.91 Å². The number of methoxy groups -OCH3 is 1. The molecule has 0 radical (unpaired) electrons. The van der Waals surface area contributed by atoms with Gasteiger partial charge in [0.05, 0.1) is 13.7 Å². The van der Waals surface area contributed by atoms with Crippen LogP contribution in [0, 0.1) is 0 Å². The van der Waals surface area contributed by atoms with E-state index >= 15 is 0 Å². The SMILES string of the molecule is CCOC(=O)C(CCSC)NC(=O)CCc1ccc(OC)cc1. The van der Waals surface area contributed by atoms with Crippen molar-refractivity contribution in [3.63, 3.8) is 0 Å². The predicted molar refractivity (Wildman–Crippen MR) is 92.9 cm³/mol. The van der Waals surface area contributed by atoms with Crippen LogP contribution in [0.4, 0.5) is 0 Å². The lowest BCUT2D eigenvalue weighted by Crippen LogP contribution is -2.42. The highest BCUT2D eigenvalue weighted by Crippen LogP contribution is 2.12. The van der Waals surface area contributed by atoms with Crippen molar-refractivity contribution in [3.8, 4) is 5.75 Å². The third-order valence-corrected chi connectivity index (χ3v) is 3.96. The summed E-state index contributed by atoms with van der Waals surface area (Å²) >= 11 is 1.64. The molecule has 1 atom stereocenters. The molecule has 128 valence electrons. The molecular weight excluding hydrogens is 314 g/mol. The molecule has 0 saturated carbocycles. The van der Waals surface area contributed by atoms with Crippen LogP contribution in [0.25, 0.3) is 0 Å². The molecule has 5 nitrogen and oxygen atoms in total. The van der Waals surface area contributed by atoms with Crippen molar-refractivity contribution in [2.75, 3.05) is 25.7 Å². The van der Waals surface area contributed by atoms with Crippen LogP contribution >= 0.6 is 11.8 Å². The van der Waals surface area contributed by atoms with Crippen LogP contribution in [-0.4, -0.2) is 43.6 Å². The third-order valence-electron chi connectivity index (χ3n) is 3.32. The maximum atomic E-state index is 12.1. The maximum Gasteiger partial charge on any atom is 0.328 e. The van der Waals surface area contributed by atoms with Crippen LogP contribution < -0.4 is 10.1 Å². The number of hydrogen-bond donors (Lipinski definition) is 1. The van der Waals surface area contributed by atoms with Crippen molar-refractivity contribution in [3.05, 3.63) is 29.8 Å². The second-order valence-electron chi connectivity index (χ2n) is 5.00. The zero-order valence-corrected chi connectivity index (χ0v) is 14.8. The second-order valence-corrected chi connectivity index (χ2v) is 5.99. The Morgan fingerprint density at radius 1 is 1.26 bits per heavy atom. The Bertz CT molecular complexity index is 490. The van der Waals surface area contributed by atoms with Gasteiger partial charge in [-0.1, -0.05) is 12.1 Å². The Hall–Kier alpha value is -1.69. The summed E-state index contributed by atoms with van der Waals surface area (Å²) in [7, 11) is 1.62. The van der Waals surface area contributed by atoms with Crippen LogP contribution in [-0.2, 0) is 20.7 Å². The maximum absolute atomic E-state index is 12.1. The van der Waals surface area contributed by atoms with Crippen molar-refractivity contribution in [2.45, 2.75) is 32.2 Å². The van der Waals surface area contributed by atoms with Gasteiger partial charge in [-0.3, -0.25) is 4.79 Å². The molecule has 1 rings (SSSR count). The molecule has 6 heteroatoms. The molecule has 1 unspecified atom stereocenters. The van der Waals surface area contributed by atoms with E-state index in [9.17, 15) is 9.59 Å². The fourth-order valence-corrected chi connectivity index (χ4v) is 2.52. The highest BCUT2D eigenvalue weighted by molar-refractivity contribution is 7.98. The van der Waals surface area contributed by atoms with Gasteiger partial charge in [-0.25, -0.2) is 4.79 Å². The largest absolute Gasteiger partial charge is 0.497 e. The number of hydrogen-bond acceptors (Lipinski definition) is 5. The van der Waals surface area contributed by atoms with E-state index in [-0.39, 0.29) is 11.9 Å². The van der Waals surface area contributed by atoms with Crippen molar-refractivity contribution in [1.29, 1.82) is 0 Å². The van der Waals surface area contributed by atoms with Gasteiger partial charge in [0.25, 0.3) is 0 Å². The van der Waals surface area contributed by atoms with Gasteiger partial charge in [0.15, 0.2) is 0 Å². The van der Waals surface area contributed by atoms with E-state index in [0.717, 1.165) is 17.1 Å². The summed E-state index contributed by atoms with van der Waals surface area (Å²) in [6.07, 6.45) is 3.50. The summed E-state index contributed by atoms with van der Waals surface area (Å²) in [6, 6.07) is 7.04. The average Bonchev–Trinajstić information content (AvgIpc) is 2.57. The molecule has 0 aromatic heterocycles. The van der Waals surface area contributed by atoms with Gasteiger partial charge in [-0.15, -0.1) is 0 Å². The number of esters is 1. The van der Waals surface area contributed by atoms with E-state index in [1.54, 1.807) is 25.8 Å². The molecule has 0 saturated heterocycles. The number of carbonyl (C=O) groups excluding carboxylic acids is 2. The van der Waals surface area contributed by atoms with E-state index in [2.05, 4.69) is 5.32 Å². The highest BCUT2D eigenvalue weighted by atomic mass is 32.2. The summed E-state index contributed by atoms with van der Waals surface area (Å²) < 4.78 is 10.1. The minimum absolute atomic E-state index is 0.139. The fraction of sp³-hybridized carbons (Fsp3) is 0.529. The van der Waals surface area contributed by atoms with E-state index in [0.29, 0.717) is 25.9 Å². The van der Waals surface area contributed by atoms with Gasteiger partial charge >= 0.3 is 5.97 Å². The van der Waals surface area contributed by atoms with E-state index in [1.165, 1.54) is 0 Å². The van der Waals surface area contributed by atoms with Crippen molar-refractivity contribution in [1.82, 2.24) is 5.32 Å². The summed E-state index contributed by atoms with van der Waals surface area (Å²) in [5, 5.41) is 2.78. The van der Waals surface area contributed by atoms with Gasteiger partial charge in [0.1, 0.15) is 11.8 Å². The molecule has 0 fully saturated rings. The van der Waals surface area contributed by atoms with E-state index in [4.69, 9.17) is 9.47 Å². The van der Waals surface area contributed by atoms with Crippen LogP contribution in [0.5, 0.6) is 5.75 Å². The first-order chi connectivity index (χ1) is 11.1. The lowest BCUT2D eigenvalue weighted by molar-refractivity contribution is -0.147. The first kappa shape index (κ1) is 19.4. The minimum Gasteiger partial charge on any atom is -0.497 e. The van der Waals surface area contributed by atoms with Crippen molar-refractivity contribution < 1.29 is 19.1 Å². The second kappa shape index (κ2) is 10.9. The number of thioether (sulfide) groups is 1. The Balaban J connectivity index is 2.48. The summed E-state index contributed by atoms with van der Waals surface area (Å²) in [5.74, 6) is 1.08. The molecule has 1 aromatic rings. The monoisotopic (exact) mass is 339 g/mol. The predicted octanol–water partition coefficient (Wildman–Crippen LogP) is 2.43. The van der Waals surface area contributed by atoms with Crippen LogP contribution in [0.1, 0.15) is 25.3 Å². The summed E-state index contributed by atoms with van der Waals surface area (Å²) in [4.78, 5) is 23.9. The topological polar surface area (TPSA) is 64.6 Å². The zero-order chi connectivity index (χ0) is 17.1. The zero-order valence-electron chi connectivity index (χ0n) is 14.0. The van der Waals surface area contributed by atoms with Gasteiger partial charge < -0.3 is 14.8 Å². The molecule has 0 aliphatic rings. The lowest BCUT2D eigenvalue weighted by Gasteiger charge is -2.16. The average molecular weight is 339 g/mol. The Labute approximate surface area is 142 Å². The molecule has 0 bridgehead atoms. The van der Waals surface area contributed by atoms with Crippen LogP contribution in [0.3, 0.4) is 0 Å². The summed E-state index contributed by atoms with van der Waals surface area (Å²) in [6.45, 7) is 2.07. The van der Waals surface area contributed by atoms with Gasteiger partial charge in [0, 0.05) is 6.42 Å². The standard InChI is InChI=1S/C17H25NO4S/c1-4-22-17(20)15(11-12-23-3)18-16(19)10-7-13-5-8-14(21-2)9-6-13/h5-6,8-9,15H,4,7,10-12H2,1-3H3,(H,18,19). The first-order valence-corrected chi connectivity index (χ1v) is 9.08. The van der Waals surface area contributed by atoms with Gasteiger partial charge in [-0.2, -0.15) is 11.8 Å². The van der Waals surface area contributed by atoms with Crippen LogP contribution in [0.2, 0.25) is 0 Å². The quantitative estimate of drug-likeness (QED) is 0.663. The Kier molecular flexibility index (Phi) is 9.21. The minimum atomic E-state index is -0.564. The molecule has 0 aliphatic carbocycles. The first-order valence-electron chi connectivity index (χ1n) is 7.68. The number of amides is 1. The highest BCUT2D eigenvalue weighted by Gasteiger charge is 2.21. The number of carbonyl (C=O) groups is 2. The van der Waals surface area contributed by atoms with Crippen molar-refractivity contribution in [2.24, 2.45) is 0 Å². The molecule has 0 aliphatic heterocycles. The fourth-order valence-electron chi connectivity index (χ4n) is 2.04. The number of rotatable bonds is 10. The smallest absolute Gasteiger partial charge is 0.328 e. The van der Waals surface area contributed by atoms with E-state index in [1.807, 2.05) is 30.5 Å². The molecule has 0 spiro atoms. The normalized spacial score (nSPS) is 11.6. The molecule has 0 heterocycles.